The van der Waals surface area contributed by atoms with Gasteiger partial charge in [0.2, 0.25) is 5.91 Å². The van der Waals surface area contributed by atoms with Crippen molar-refractivity contribution in [3.63, 3.8) is 0 Å². The molecule has 0 radical (unpaired) electrons. The molecule has 3 rings (SSSR count). The summed E-state index contributed by atoms with van der Waals surface area (Å²) in [6.07, 6.45) is -0.212. The number of halogens is 3. The van der Waals surface area contributed by atoms with Crippen molar-refractivity contribution >= 4 is 17.6 Å². The average molecular weight is 389 g/mol. The van der Waals surface area contributed by atoms with E-state index in [0.29, 0.717) is 11.8 Å². The van der Waals surface area contributed by atoms with Crippen LogP contribution in [0.25, 0.3) is 0 Å². The number of aromatic nitrogens is 1. The van der Waals surface area contributed by atoms with Gasteiger partial charge < -0.3 is 19.6 Å². The molecular formula is C17H22F3N3O4. The Morgan fingerprint density at radius 1 is 1.30 bits per heavy atom. The summed E-state index contributed by atoms with van der Waals surface area (Å²) in [6, 6.07) is 4.08. The second-order valence-corrected chi connectivity index (χ2v) is 6.50. The number of fused-ring (bicyclic) bond motifs is 1. The minimum Gasteiger partial charge on any atom is -0.475 e. The lowest BCUT2D eigenvalue weighted by Crippen LogP contribution is -2.40. The number of amides is 1. The van der Waals surface area contributed by atoms with Crippen LogP contribution in [-0.4, -0.2) is 72.9 Å². The normalized spacial score (nSPS) is 21.9. The number of carboxylic acid groups (broad SMARTS) is 1. The highest BCUT2D eigenvalue weighted by atomic mass is 19.4. The van der Waals surface area contributed by atoms with Crippen molar-refractivity contribution in [1.29, 1.82) is 0 Å². The van der Waals surface area contributed by atoms with Crippen molar-refractivity contribution in [3.8, 4) is 0 Å². The second kappa shape index (κ2) is 9.03. The van der Waals surface area contributed by atoms with Gasteiger partial charge in [-0.1, -0.05) is 0 Å². The number of carbonyl (C=O) groups excluding carboxylic acids is 1. The molecule has 3 heterocycles. The summed E-state index contributed by atoms with van der Waals surface area (Å²) >= 11 is 0. The molecule has 2 aliphatic heterocycles. The van der Waals surface area contributed by atoms with Crippen molar-refractivity contribution < 1.29 is 32.6 Å². The number of likely N-dealkylation sites (tertiary alicyclic amines) is 1. The van der Waals surface area contributed by atoms with Gasteiger partial charge in [-0.2, -0.15) is 13.2 Å². The number of hydrogen-bond acceptors (Lipinski definition) is 5. The van der Waals surface area contributed by atoms with Gasteiger partial charge in [0, 0.05) is 39.5 Å². The first kappa shape index (κ1) is 20.9. The third-order valence-corrected chi connectivity index (χ3v) is 4.68. The van der Waals surface area contributed by atoms with Gasteiger partial charge in [0.15, 0.2) is 0 Å². The standard InChI is InChI=1S/C15H21N3O2.C2HF3O2/c1-20-11-15(19)18-8-12-4-6-17(9-13(12)10-18)14-3-2-5-16-7-14;3-2(4,5)1(6)7/h2-3,5,7,12-13H,4,6,8-11H2,1H3;(H,6,7)/t12-,13+;/m0./s1. The van der Waals surface area contributed by atoms with Gasteiger partial charge in [-0.15, -0.1) is 0 Å². The van der Waals surface area contributed by atoms with Crippen molar-refractivity contribution in [1.82, 2.24) is 9.88 Å². The molecule has 10 heteroatoms. The van der Waals surface area contributed by atoms with Crippen LogP contribution in [0.3, 0.4) is 0 Å². The molecule has 1 aromatic heterocycles. The smallest absolute Gasteiger partial charge is 0.475 e. The fourth-order valence-electron chi connectivity index (χ4n) is 3.36. The minimum atomic E-state index is -5.08. The number of rotatable bonds is 3. The van der Waals surface area contributed by atoms with Crippen molar-refractivity contribution in [2.45, 2.75) is 12.6 Å². The van der Waals surface area contributed by atoms with Crippen molar-refractivity contribution in [3.05, 3.63) is 24.5 Å². The van der Waals surface area contributed by atoms with Gasteiger partial charge >= 0.3 is 12.1 Å². The molecule has 0 spiro atoms. The Morgan fingerprint density at radius 3 is 2.52 bits per heavy atom. The lowest BCUT2D eigenvalue weighted by molar-refractivity contribution is -0.192. The first-order chi connectivity index (χ1) is 12.7. The number of methoxy groups -OCH3 is 1. The summed E-state index contributed by atoms with van der Waals surface area (Å²) in [5.41, 5.74) is 1.19. The first-order valence-corrected chi connectivity index (χ1v) is 8.44. The topological polar surface area (TPSA) is 83.0 Å². The maximum atomic E-state index is 11.9. The lowest BCUT2D eigenvalue weighted by Gasteiger charge is -2.35. The largest absolute Gasteiger partial charge is 0.490 e. The predicted molar refractivity (Wildman–Crippen MR) is 90.2 cm³/mol. The van der Waals surface area contributed by atoms with Crippen molar-refractivity contribution in [2.24, 2.45) is 11.8 Å². The van der Waals surface area contributed by atoms with E-state index < -0.39 is 12.1 Å². The van der Waals surface area contributed by atoms with Crippen LogP contribution >= 0.6 is 0 Å². The summed E-state index contributed by atoms with van der Waals surface area (Å²) in [6.45, 7) is 4.04. The van der Waals surface area contributed by atoms with E-state index in [1.165, 1.54) is 5.69 Å². The number of carbonyl (C=O) groups is 2. The van der Waals surface area contributed by atoms with Gasteiger partial charge in [-0.25, -0.2) is 4.79 Å². The average Bonchev–Trinajstić information content (AvgIpc) is 3.06. The molecule has 0 aliphatic carbocycles. The number of anilines is 1. The Bertz CT molecular complexity index is 642. The van der Waals surface area contributed by atoms with E-state index in [0.717, 1.165) is 32.6 Å². The van der Waals surface area contributed by atoms with Crippen LogP contribution in [0.2, 0.25) is 0 Å². The van der Waals surface area contributed by atoms with Crippen LogP contribution < -0.4 is 4.90 Å². The number of hydrogen-bond donors (Lipinski definition) is 1. The molecule has 0 saturated carbocycles. The number of aliphatic carboxylic acids is 1. The van der Waals surface area contributed by atoms with Gasteiger partial charge in [-0.05, 0) is 30.4 Å². The van der Waals surface area contributed by atoms with E-state index in [-0.39, 0.29) is 12.5 Å². The number of pyridine rings is 1. The molecule has 0 bridgehead atoms. The Morgan fingerprint density at radius 2 is 1.96 bits per heavy atom. The molecule has 2 aliphatic rings. The number of piperidine rings is 1. The molecule has 150 valence electrons. The zero-order valence-electron chi connectivity index (χ0n) is 14.9. The van der Waals surface area contributed by atoms with Gasteiger partial charge in [0.05, 0.1) is 11.9 Å². The van der Waals surface area contributed by atoms with E-state index in [9.17, 15) is 18.0 Å². The number of nitrogens with zero attached hydrogens (tertiary/aromatic N) is 3. The molecule has 7 nitrogen and oxygen atoms in total. The highest BCUT2D eigenvalue weighted by molar-refractivity contribution is 5.77. The highest BCUT2D eigenvalue weighted by Crippen LogP contribution is 2.33. The number of ether oxygens (including phenoxy) is 1. The fourth-order valence-corrected chi connectivity index (χ4v) is 3.36. The van der Waals surface area contributed by atoms with Crippen LogP contribution in [0.15, 0.2) is 24.5 Å². The quantitative estimate of drug-likeness (QED) is 0.847. The van der Waals surface area contributed by atoms with Gasteiger partial charge in [-0.3, -0.25) is 9.78 Å². The Balaban J connectivity index is 0.000000321. The monoisotopic (exact) mass is 389 g/mol. The predicted octanol–water partition coefficient (Wildman–Crippen LogP) is 1.65. The Labute approximate surface area is 154 Å². The zero-order valence-corrected chi connectivity index (χ0v) is 14.9. The Kier molecular flexibility index (Phi) is 7.00. The fraction of sp³-hybridized carbons (Fsp3) is 0.588. The molecule has 2 fully saturated rings. The van der Waals surface area contributed by atoms with E-state index in [2.05, 4.69) is 16.0 Å². The molecule has 0 unspecified atom stereocenters. The highest BCUT2D eigenvalue weighted by Gasteiger charge is 2.39. The number of alkyl halides is 3. The third kappa shape index (κ3) is 5.81. The van der Waals surface area contributed by atoms with E-state index >= 15 is 0 Å². The van der Waals surface area contributed by atoms with E-state index in [4.69, 9.17) is 14.6 Å². The lowest BCUT2D eigenvalue weighted by atomic mass is 9.88. The van der Waals surface area contributed by atoms with Crippen molar-refractivity contribution in [2.75, 3.05) is 44.8 Å². The summed E-state index contributed by atoms with van der Waals surface area (Å²) in [5, 5.41) is 7.12. The number of carboxylic acids is 1. The molecule has 2 saturated heterocycles. The van der Waals surface area contributed by atoms with Crippen LogP contribution in [-0.2, 0) is 14.3 Å². The summed E-state index contributed by atoms with van der Waals surface area (Å²) < 4.78 is 36.7. The summed E-state index contributed by atoms with van der Waals surface area (Å²) in [7, 11) is 1.57. The second-order valence-electron chi connectivity index (χ2n) is 6.50. The molecule has 1 N–H and O–H groups in total. The van der Waals surface area contributed by atoms with E-state index in [1.807, 2.05) is 17.2 Å². The summed E-state index contributed by atoms with van der Waals surface area (Å²) in [5.74, 6) is -1.42. The maximum Gasteiger partial charge on any atom is 0.490 e. The Hall–Kier alpha value is -2.36. The van der Waals surface area contributed by atoms with Gasteiger partial charge in [0.25, 0.3) is 0 Å². The van der Waals surface area contributed by atoms with Crippen LogP contribution in [0.1, 0.15) is 6.42 Å². The molecular weight excluding hydrogens is 367 g/mol. The van der Waals surface area contributed by atoms with E-state index in [1.54, 1.807) is 13.3 Å². The first-order valence-electron chi connectivity index (χ1n) is 8.44. The van der Waals surface area contributed by atoms with Gasteiger partial charge in [0.1, 0.15) is 6.61 Å². The molecule has 0 aromatic carbocycles. The molecule has 1 aromatic rings. The molecule has 2 atom stereocenters. The molecule has 1 amide bonds. The van der Waals surface area contributed by atoms with Crippen LogP contribution in [0.5, 0.6) is 0 Å². The maximum absolute atomic E-state index is 11.9. The van der Waals surface area contributed by atoms with Crippen LogP contribution in [0.4, 0.5) is 18.9 Å². The van der Waals surface area contributed by atoms with Crippen LogP contribution in [0, 0.1) is 11.8 Å². The summed E-state index contributed by atoms with van der Waals surface area (Å²) in [4.78, 5) is 29.4. The molecule has 27 heavy (non-hydrogen) atoms. The zero-order chi connectivity index (χ0) is 20.0. The SMILES string of the molecule is COCC(=O)N1C[C@@H]2CCN(c3cccnc3)C[C@@H]2C1.O=C(O)C(F)(F)F. The third-order valence-electron chi connectivity index (χ3n) is 4.68. The minimum absolute atomic E-state index is 0.120.